The first-order chi connectivity index (χ1) is 9.66. The van der Waals surface area contributed by atoms with Gasteiger partial charge in [-0.25, -0.2) is 4.98 Å². The van der Waals surface area contributed by atoms with Crippen LogP contribution in [0.15, 0.2) is 11.6 Å². The number of amides is 2. The van der Waals surface area contributed by atoms with Crippen molar-refractivity contribution < 1.29 is 9.59 Å². The number of carbonyl (C=O) groups is 2. The molecule has 0 saturated heterocycles. The average molecular weight is 295 g/mol. The number of nitrogens with one attached hydrogen (secondary N) is 1. The molecule has 6 heteroatoms. The number of hydrogen-bond acceptors (Lipinski definition) is 4. The zero-order valence-electron chi connectivity index (χ0n) is 11.5. The molecule has 1 heterocycles. The molecular formula is C14H21N3O2S. The lowest BCUT2D eigenvalue weighted by Gasteiger charge is -2.29. The second kappa shape index (κ2) is 7.38. The summed E-state index contributed by atoms with van der Waals surface area (Å²) in [6.07, 6.45) is 7.58. The topological polar surface area (TPSA) is 85.1 Å². The fraction of sp³-hybridized carbons (Fsp3) is 0.643. The van der Waals surface area contributed by atoms with Gasteiger partial charge in [0, 0.05) is 24.0 Å². The molecular weight excluding hydrogens is 274 g/mol. The number of hydrogen-bond donors (Lipinski definition) is 2. The third kappa shape index (κ3) is 4.30. The number of primary amides is 1. The van der Waals surface area contributed by atoms with E-state index in [-0.39, 0.29) is 23.8 Å². The van der Waals surface area contributed by atoms with Crippen molar-refractivity contribution in [2.24, 2.45) is 11.7 Å². The van der Waals surface area contributed by atoms with Gasteiger partial charge in [-0.3, -0.25) is 9.59 Å². The van der Waals surface area contributed by atoms with Gasteiger partial charge in [-0.2, -0.15) is 0 Å². The molecule has 2 rings (SSSR count). The van der Waals surface area contributed by atoms with Gasteiger partial charge in [0.25, 0.3) is 0 Å². The Morgan fingerprint density at radius 2 is 2.20 bits per heavy atom. The van der Waals surface area contributed by atoms with Gasteiger partial charge in [0.05, 0.1) is 10.9 Å². The van der Waals surface area contributed by atoms with Crippen LogP contribution in [0.3, 0.4) is 0 Å². The molecule has 1 fully saturated rings. The van der Waals surface area contributed by atoms with E-state index in [1.54, 1.807) is 17.5 Å². The predicted molar refractivity (Wildman–Crippen MR) is 78.1 cm³/mol. The van der Waals surface area contributed by atoms with Gasteiger partial charge in [0.2, 0.25) is 11.8 Å². The Hall–Kier alpha value is -1.43. The van der Waals surface area contributed by atoms with Crippen LogP contribution in [0.2, 0.25) is 0 Å². The summed E-state index contributed by atoms with van der Waals surface area (Å²) in [6, 6.07) is -0.0754. The van der Waals surface area contributed by atoms with Gasteiger partial charge in [-0.05, 0) is 25.7 Å². The normalized spacial score (nSPS) is 22.4. The van der Waals surface area contributed by atoms with Crippen molar-refractivity contribution >= 4 is 23.2 Å². The van der Waals surface area contributed by atoms with Crippen molar-refractivity contribution in [3.63, 3.8) is 0 Å². The van der Waals surface area contributed by atoms with Crippen LogP contribution in [0.5, 0.6) is 0 Å². The summed E-state index contributed by atoms with van der Waals surface area (Å²) in [5.74, 6) is -0.482. The smallest absolute Gasteiger partial charge is 0.222 e. The molecule has 110 valence electrons. The first-order valence-corrected chi connectivity index (χ1v) is 8.02. The second-order valence-electron chi connectivity index (χ2n) is 5.25. The molecule has 1 aliphatic carbocycles. The quantitative estimate of drug-likeness (QED) is 0.836. The molecule has 2 atom stereocenters. The predicted octanol–water partition coefficient (Wildman–Crippen LogP) is 1.63. The summed E-state index contributed by atoms with van der Waals surface area (Å²) in [4.78, 5) is 27.5. The number of nitrogens with zero attached hydrogens (tertiary/aromatic N) is 1. The van der Waals surface area contributed by atoms with Crippen LogP contribution in [-0.4, -0.2) is 22.8 Å². The lowest BCUT2D eigenvalue weighted by atomic mass is 9.84. The highest BCUT2D eigenvalue weighted by atomic mass is 32.1. The maximum atomic E-state index is 11.9. The standard InChI is InChI=1S/C14H21N3O2S/c15-14(19)10-4-1-2-5-11(10)17-12(18)6-3-7-13-16-8-9-20-13/h8-11H,1-7H2,(H2,15,19)(H,17,18)/t10-,11+/m0/s1. The lowest BCUT2D eigenvalue weighted by molar-refractivity contribution is -0.126. The molecule has 0 bridgehead atoms. The van der Waals surface area contributed by atoms with E-state index >= 15 is 0 Å². The van der Waals surface area contributed by atoms with E-state index in [0.29, 0.717) is 6.42 Å². The number of rotatable bonds is 6. The third-order valence-electron chi connectivity index (χ3n) is 3.76. The van der Waals surface area contributed by atoms with E-state index in [4.69, 9.17) is 5.73 Å². The molecule has 1 aromatic heterocycles. The highest BCUT2D eigenvalue weighted by molar-refractivity contribution is 7.09. The summed E-state index contributed by atoms with van der Waals surface area (Å²) in [6.45, 7) is 0. The van der Waals surface area contributed by atoms with Crippen molar-refractivity contribution in [2.75, 3.05) is 0 Å². The molecule has 2 amide bonds. The maximum absolute atomic E-state index is 11.9. The molecule has 0 unspecified atom stereocenters. The van der Waals surface area contributed by atoms with E-state index < -0.39 is 0 Å². The summed E-state index contributed by atoms with van der Waals surface area (Å²) in [7, 11) is 0. The van der Waals surface area contributed by atoms with E-state index in [1.807, 2.05) is 5.38 Å². The minimum absolute atomic E-state index is 0.0136. The summed E-state index contributed by atoms with van der Waals surface area (Å²) < 4.78 is 0. The minimum atomic E-state index is -0.294. The molecule has 5 nitrogen and oxygen atoms in total. The maximum Gasteiger partial charge on any atom is 0.222 e. The first kappa shape index (κ1) is 15.0. The first-order valence-electron chi connectivity index (χ1n) is 7.14. The Balaban J connectivity index is 1.73. The molecule has 0 radical (unpaired) electrons. The zero-order valence-corrected chi connectivity index (χ0v) is 12.3. The van der Waals surface area contributed by atoms with Crippen molar-refractivity contribution in [2.45, 2.75) is 51.0 Å². The second-order valence-corrected chi connectivity index (χ2v) is 6.23. The highest BCUT2D eigenvalue weighted by Crippen LogP contribution is 2.24. The van der Waals surface area contributed by atoms with Crippen LogP contribution in [0.1, 0.15) is 43.5 Å². The van der Waals surface area contributed by atoms with Crippen molar-refractivity contribution in [1.29, 1.82) is 0 Å². The molecule has 20 heavy (non-hydrogen) atoms. The van der Waals surface area contributed by atoms with E-state index in [2.05, 4.69) is 10.3 Å². The monoisotopic (exact) mass is 295 g/mol. The molecule has 3 N–H and O–H groups in total. The van der Waals surface area contributed by atoms with Gasteiger partial charge in [0.15, 0.2) is 0 Å². The molecule has 1 aliphatic rings. The minimum Gasteiger partial charge on any atom is -0.369 e. The van der Waals surface area contributed by atoms with Gasteiger partial charge in [0.1, 0.15) is 0 Å². The highest BCUT2D eigenvalue weighted by Gasteiger charge is 2.30. The van der Waals surface area contributed by atoms with Crippen LogP contribution in [-0.2, 0) is 16.0 Å². The van der Waals surface area contributed by atoms with Crippen LogP contribution >= 0.6 is 11.3 Å². The fourth-order valence-corrected chi connectivity index (χ4v) is 3.36. The molecule has 0 aliphatic heterocycles. The van der Waals surface area contributed by atoms with Gasteiger partial charge >= 0.3 is 0 Å². The molecule has 0 aromatic carbocycles. The van der Waals surface area contributed by atoms with Gasteiger partial charge < -0.3 is 11.1 Å². The van der Waals surface area contributed by atoms with Crippen molar-refractivity contribution in [1.82, 2.24) is 10.3 Å². The van der Waals surface area contributed by atoms with E-state index in [0.717, 1.165) is 43.5 Å². The largest absolute Gasteiger partial charge is 0.369 e. The van der Waals surface area contributed by atoms with Crippen molar-refractivity contribution in [3.8, 4) is 0 Å². The Morgan fingerprint density at radius 3 is 2.90 bits per heavy atom. The Kier molecular flexibility index (Phi) is 5.52. The van der Waals surface area contributed by atoms with Crippen molar-refractivity contribution in [3.05, 3.63) is 16.6 Å². The van der Waals surface area contributed by atoms with Gasteiger partial charge in [-0.15, -0.1) is 11.3 Å². The third-order valence-corrected chi connectivity index (χ3v) is 4.60. The van der Waals surface area contributed by atoms with Crippen LogP contribution in [0, 0.1) is 5.92 Å². The van der Waals surface area contributed by atoms with E-state index in [1.165, 1.54) is 0 Å². The number of nitrogens with two attached hydrogens (primary N) is 1. The van der Waals surface area contributed by atoms with E-state index in [9.17, 15) is 9.59 Å². The fourth-order valence-electron chi connectivity index (χ4n) is 2.70. The van der Waals surface area contributed by atoms with Crippen LogP contribution < -0.4 is 11.1 Å². The number of aromatic nitrogens is 1. The number of aryl methyl sites for hydroxylation is 1. The van der Waals surface area contributed by atoms with Gasteiger partial charge in [-0.1, -0.05) is 12.8 Å². The molecule has 1 saturated carbocycles. The summed E-state index contributed by atoms with van der Waals surface area (Å²) in [5.41, 5.74) is 5.40. The number of thiazole rings is 1. The SMILES string of the molecule is NC(=O)[C@H]1CCCC[C@H]1NC(=O)CCCc1nccs1. The summed E-state index contributed by atoms with van der Waals surface area (Å²) in [5, 5.41) is 5.97. The number of carbonyl (C=O) groups excluding carboxylic acids is 2. The molecule has 1 aromatic rings. The Bertz CT molecular complexity index is 447. The van der Waals surface area contributed by atoms with Crippen LogP contribution in [0.25, 0.3) is 0 Å². The average Bonchev–Trinajstić information content (AvgIpc) is 2.92. The lowest BCUT2D eigenvalue weighted by Crippen LogP contribution is -2.47. The van der Waals surface area contributed by atoms with Crippen LogP contribution in [0.4, 0.5) is 0 Å². The zero-order chi connectivity index (χ0) is 14.4. The Morgan fingerprint density at radius 1 is 1.40 bits per heavy atom. The summed E-state index contributed by atoms with van der Waals surface area (Å²) >= 11 is 1.61. The Labute approximate surface area is 123 Å². The molecule has 0 spiro atoms.